The standard InChI is InChI=1S/C14H13NO2S/c1-9-5-4-8-12-13(9)15(14(16)17)10-6-2-3-7-11(10)18-12/h2-8,12-13H,1H3,(H,16,17). The van der Waals surface area contributed by atoms with E-state index >= 15 is 0 Å². The van der Waals surface area contributed by atoms with E-state index in [2.05, 4.69) is 6.08 Å². The number of allylic oxidation sites excluding steroid dienone is 2. The molecule has 0 spiro atoms. The molecule has 1 heterocycles. The average Bonchev–Trinajstić information content (AvgIpc) is 2.36. The summed E-state index contributed by atoms with van der Waals surface area (Å²) < 4.78 is 0. The van der Waals surface area contributed by atoms with Crippen LogP contribution in [0.1, 0.15) is 6.92 Å². The fourth-order valence-electron chi connectivity index (χ4n) is 2.51. The first-order valence-electron chi connectivity index (χ1n) is 5.81. The van der Waals surface area contributed by atoms with Crippen LogP contribution in [-0.4, -0.2) is 22.5 Å². The summed E-state index contributed by atoms with van der Waals surface area (Å²) in [6.45, 7) is 1.99. The van der Waals surface area contributed by atoms with Gasteiger partial charge in [-0.3, -0.25) is 4.90 Å². The second-order valence-corrected chi connectivity index (χ2v) is 5.66. The predicted octanol–water partition coefficient (Wildman–Crippen LogP) is 3.53. The molecule has 3 nitrogen and oxygen atoms in total. The Morgan fingerprint density at radius 1 is 1.39 bits per heavy atom. The Bertz CT molecular complexity index is 565. The van der Waals surface area contributed by atoms with Crippen molar-refractivity contribution in [3.63, 3.8) is 0 Å². The van der Waals surface area contributed by atoms with Crippen LogP contribution in [0.5, 0.6) is 0 Å². The summed E-state index contributed by atoms with van der Waals surface area (Å²) in [5.41, 5.74) is 1.88. The Morgan fingerprint density at radius 3 is 2.94 bits per heavy atom. The van der Waals surface area contributed by atoms with E-state index in [1.807, 2.05) is 43.3 Å². The van der Waals surface area contributed by atoms with E-state index in [1.54, 1.807) is 11.8 Å². The van der Waals surface area contributed by atoms with Gasteiger partial charge in [-0.25, -0.2) is 4.79 Å². The van der Waals surface area contributed by atoms with Gasteiger partial charge in [-0.2, -0.15) is 0 Å². The molecule has 1 aliphatic heterocycles. The van der Waals surface area contributed by atoms with Gasteiger partial charge in [-0.15, -0.1) is 11.8 Å². The van der Waals surface area contributed by atoms with E-state index in [0.717, 1.165) is 16.2 Å². The summed E-state index contributed by atoms with van der Waals surface area (Å²) in [5, 5.41) is 9.67. The van der Waals surface area contributed by atoms with Gasteiger partial charge in [0.15, 0.2) is 0 Å². The van der Waals surface area contributed by atoms with Gasteiger partial charge >= 0.3 is 6.09 Å². The van der Waals surface area contributed by atoms with Gasteiger partial charge in [0.2, 0.25) is 0 Å². The van der Waals surface area contributed by atoms with Crippen molar-refractivity contribution in [2.75, 3.05) is 4.90 Å². The zero-order chi connectivity index (χ0) is 12.7. The summed E-state index contributed by atoms with van der Waals surface area (Å²) >= 11 is 1.73. The molecular formula is C14H13NO2S. The molecule has 3 rings (SSSR count). The summed E-state index contributed by atoms with van der Waals surface area (Å²) in [4.78, 5) is 14.1. The number of rotatable bonds is 0. The Hall–Kier alpha value is -1.68. The second kappa shape index (κ2) is 4.21. The number of hydrogen-bond acceptors (Lipinski definition) is 2. The highest BCUT2D eigenvalue weighted by molar-refractivity contribution is 8.00. The minimum absolute atomic E-state index is 0.0904. The Balaban J connectivity index is 2.15. The molecule has 2 unspecified atom stereocenters. The number of thioether (sulfide) groups is 1. The predicted molar refractivity (Wildman–Crippen MR) is 73.3 cm³/mol. The summed E-state index contributed by atoms with van der Waals surface area (Å²) in [6.07, 6.45) is 5.19. The Kier molecular flexibility index (Phi) is 2.67. The van der Waals surface area contributed by atoms with Crippen molar-refractivity contribution in [3.8, 4) is 0 Å². The van der Waals surface area contributed by atoms with Gasteiger partial charge in [0, 0.05) is 4.90 Å². The number of nitrogens with zero attached hydrogens (tertiary/aromatic N) is 1. The van der Waals surface area contributed by atoms with Crippen molar-refractivity contribution in [2.24, 2.45) is 0 Å². The van der Waals surface area contributed by atoms with E-state index in [4.69, 9.17) is 0 Å². The number of para-hydroxylation sites is 1. The van der Waals surface area contributed by atoms with Gasteiger partial charge in [0.25, 0.3) is 0 Å². The smallest absolute Gasteiger partial charge is 0.412 e. The van der Waals surface area contributed by atoms with Crippen LogP contribution in [0.4, 0.5) is 10.5 Å². The van der Waals surface area contributed by atoms with Crippen molar-refractivity contribution in [1.29, 1.82) is 0 Å². The Labute approximate surface area is 110 Å². The lowest BCUT2D eigenvalue weighted by Gasteiger charge is -2.40. The summed E-state index contributed by atoms with van der Waals surface area (Å²) in [6, 6.07) is 7.59. The Morgan fingerprint density at radius 2 is 2.17 bits per heavy atom. The number of benzene rings is 1. The molecule has 0 radical (unpaired) electrons. The first kappa shape index (κ1) is 11.4. The molecule has 1 amide bonds. The van der Waals surface area contributed by atoms with Crippen LogP contribution in [-0.2, 0) is 0 Å². The van der Waals surface area contributed by atoms with E-state index in [0.29, 0.717) is 0 Å². The molecule has 1 aromatic carbocycles. The highest BCUT2D eigenvalue weighted by Gasteiger charge is 2.38. The number of fused-ring (bicyclic) bond motifs is 2. The van der Waals surface area contributed by atoms with Crippen LogP contribution >= 0.6 is 11.8 Å². The van der Waals surface area contributed by atoms with Crippen molar-refractivity contribution in [1.82, 2.24) is 0 Å². The van der Waals surface area contributed by atoms with E-state index < -0.39 is 6.09 Å². The normalized spacial score (nSPS) is 25.2. The van der Waals surface area contributed by atoms with Crippen molar-refractivity contribution < 1.29 is 9.90 Å². The van der Waals surface area contributed by atoms with Gasteiger partial charge in [-0.1, -0.05) is 30.4 Å². The van der Waals surface area contributed by atoms with Crippen LogP contribution < -0.4 is 4.90 Å². The zero-order valence-electron chi connectivity index (χ0n) is 9.91. The molecule has 1 aliphatic carbocycles. The lowest BCUT2D eigenvalue weighted by atomic mass is 9.97. The second-order valence-electron chi connectivity index (χ2n) is 4.44. The molecule has 0 saturated heterocycles. The first-order valence-corrected chi connectivity index (χ1v) is 6.69. The summed E-state index contributed by atoms with van der Waals surface area (Å²) in [7, 11) is 0. The molecule has 2 aliphatic rings. The van der Waals surface area contributed by atoms with Crippen LogP contribution in [0.25, 0.3) is 0 Å². The highest BCUT2D eigenvalue weighted by Crippen LogP contribution is 2.45. The third-order valence-electron chi connectivity index (χ3n) is 3.31. The molecule has 1 aromatic rings. The zero-order valence-corrected chi connectivity index (χ0v) is 10.7. The largest absolute Gasteiger partial charge is 0.465 e. The molecule has 92 valence electrons. The molecule has 0 aromatic heterocycles. The quantitative estimate of drug-likeness (QED) is 0.774. The van der Waals surface area contributed by atoms with Crippen LogP contribution in [0.2, 0.25) is 0 Å². The third-order valence-corrected chi connectivity index (χ3v) is 4.60. The molecule has 0 fully saturated rings. The topological polar surface area (TPSA) is 40.5 Å². The molecule has 2 atom stereocenters. The molecular weight excluding hydrogens is 246 g/mol. The van der Waals surface area contributed by atoms with Gasteiger partial charge in [0.1, 0.15) is 0 Å². The van der Waals surface area contributed by atoms with Crippen molar-refractivity contribution in [2.45, 2.75) is 23.1 Å². The van der Waals surface area contributed by atoms with E-state index in [-0.39, 0.29) is 11.3 Å². The number of carbonyl (C=O) groups is 1. The average molecular weight is 259 g/mol. The molecule has 1 N–H and O–H groups in total. The van der Waals surface area contributed by atoms with Gasteiger partial charge in [0.05, 0.1) is 17.0 Å². The fourth-order valence-corrected chi connectivity index (χ4v) is 3.88. The molecule has 4 heteroatoms. The van der Waals surface area contributed by atoms with E-state index in [1.165, 1.54) is 4.90 Å². The first-order chi connectivity index (χ1) is 8.68. The minimum Gasteiger partial charge on any atom is -0.465 e. The van der Waals surface area contributed by atoms with Crippen LogP contribution in [0.15, 0.2) is 53.0 Å². The lowest BCUT2D eigenvalue weighted by Crippen LogP contribution is -2.49. The number of hydrogen-bond donors (Lipinski definition) is 1. The maximum absolute atomic E-state index is 11.6. The van der Waals surface area contributed by atoms with Crippen molar-refractivity contribution >= 4 is 23.5 Å². The minimum atomic E-state index is -0.888. The summed E-state index contributed by atoms with van der Waals surface area (Å²) in [5.74, 6) is 0. The van der Waals surface area contributed by atoms with Crippen LogP contribution in [0.3, 0.4) is 0 Å². The maximum atomic E-state index is 11.6. The van der Waals surface area contributed by atoms with Gasteiger partial charge in [-0.05, 0) is 24.6 Å². The lowest BCUT2D eigenvalue weighted by molar-refractivity contribution is 0.199. The van der Waals surface area contributed by atoms with E-state index in [9.17, 15) is 9.90 Å². The number of anilines is 1. The highest BCUT2D eigenvalue weighted by atomic mass is 32.2. The molecule has 0 saturated carbocycles. The third kappa shape index (κ3) is 1.64. The molecule has 18 heavy (non-hydrogen) atoms. The maximum Gasteiger partial charge on any atom is 0.412 e. The van der Waals surface area contributed by atoms with Crippen molar-refractivity contribution in [3.05, 3.63) is 48.1 Å². The van der Waals surface area contributed by atoms with Crippen LogP contribution in [0, 0.1) is 0 Å². The number of carboxylic acid groups (broad SMARTS) is 1. The van der Waals surface area contributed by atoms with Gasteiger partial charge < -0.3 is 5.11 Å². The fraction of sp³-hybridized carbons (Fsp3) is 0.214. The molecule has 0 bridgehead atoms. The SMILES string of the molecule is CC1=CC=CC2Sc3ccccc3N(C(=O)O)C12. The monoisotopic (exact) mass is 259 g/mol. The number of amides is 1.